The Morgan fingerprint density at radius 3 is 2.57 bits per heavy atom. The van der Waals surface area contributed by atoms with Gasteiger partial charge in [-0.2, -0.15) is 4.57 Å². The van der Waals surface area contributed by atoms with E-state index in [0.717, 1.165) is 0 Å². The lowest BCUT2D eigenvalue weighted by Crippen LogP contribution is -2.38. The monoisotopic (exact) mass is 272 g/mol. The molecule has 1 fully saturated rings. The number of hydrogen-bond acceptors (Lipinski definition) is 0. The quantitative estimate of drug-likeness (QED) is 0.531. The van der Waals surface area contributed by atoms with Crippen molar-refractivity contribution in [3.63, 3.8) is 0 Å². The summed E-state index contributed by atoms with van der Waals surface area (Å²) < 4.78 is 2.52. The van der Waals surface area contributed by atoms with E-state index < -0.39 is 0 Å². The third-order valence-corrected chi connectivity index (χ3v) is 5.51. The molecule has 1 heteroatoms. The van der Waals surface area contributed by atoms with Crippen molar-refractivity contribution in [1.29, 1.82) is 0 Å². The van der Waals surface area contributed by atoms with Crippen LogP contribution in [0.15, 0.2) is 60.8 Å². The zero-order valence-corrected chi connectivity index (χ0v) is 12.4. The van der Waals surface area contributed by atoms with Crippen LogP contribution in [-0.2, 0) is 0 Å². The van der Waals surface area contributed by atoms with Crippen LogP contribution < -0.4 is 4.57 Å². The number of fused-ring (bicyclic) bond motifs is 8. The molecule has 2 heterocycles. The second-order valence-corrected chi connectivity index (χ2v) is 6.99. The minimum absolute atomic E-state index is 0.356. The van der Waals surface area contributed by atoms with Gasteiger partial charge in [0.05, 0.1) is 16.9 Å². The van der Waals surface area contributed by atoms with E-state index >= 15 is 0 Å². The third-order valence-electron chi connectivity index (χ3n) is 5.51. The molecular weight excluding hydrogens is 254 g/mol. The van der Waals surface area contributed by atoms with E-state index in [1.807, 2.05) is 0 Å². The van der Waals surface area contributed by atoms with E-state index in [0.29, 0.717) is 17.4 Å². The van der Waals surface area contributed by atoms with Gasteiger partial charge in [-0.05, 0) is 23.1 Å². The number of benzene rings is 2. The fraction of sp³-hybridized carbons (Fsp3) is 0.250. The smallest absolute Gasteiger partial charge is 0.194 e. The molecule has 0 saturated heterocycles. The molecule has 2 atom stereocenters. The standard InChI is InChI=1S/C20H18N/c1-20(2)17-15-9-5-6-10-16(15)18-14-8-4-3-7-13(14)11-12-21(18)19(17)20/h3-12,17,19H,1-2H3/q+1. The summed E-state index contributed by atoms with van der Waals surface area (Å²) >= 11 is 0. The lowest BCUT2D eigenvalue weighted by Gasteiger charge is -2.15. The fourth-order valence-corrected chi connectivity index (χ4v) is 4.43. The Labute approximate surface area is 124 Å². The highest BCUT2D eigenvalue weighted by molar-refractivity contribution is 5.94. The van der Waals surface area contributed by atoms with E-state index in [-0.39, 0.29) is 0 Å². The van der Waals surface area contributed by atoms with Crippen molar-refractivity contribution in [2.45, 2.75) is 25.8 Å². The Kier molecular flexibility index (Phi) is 1.94. The Bertz CT molecular complexity index is 891. The second kappa shape index (κ2) is 3.54. The average molecular weight is 272 g/mol. The van der Waals surface area contributed by atoms with Gasteiger partial charge in [-0.1, -0.05) is 50.2 Å². The minimum atomic E-state index is 0.356. The van der Waals surface area contributed by atoms with Gasteiger partial charge in [0, 0.05) is 11.5 Å². The van der Waals surface area contributed by atoms with Gasteiger partial charge >= 0.3 is 0 Å². The molecule has 102 valence electrons. The van der Waals surface area contributed by atoms with Gasteiger partial charge in [-0.15, -0.1) is 0 Å². The van der Waals surface area contributed by atoms with Crippen molar-refractivity contribution < 1.29 is 4.57 Å². The van der Waals surface area contributed by atoms with Crippen LogP contribution in [0.2, 0.25) is 0 Å². The van der Waals surface area contributed by atoms with Crippen molar-refractivity contribution in [3.8, 4) is 11.3 Å². The zero-order valence-electron chi connectivity index (χ0n) is 12.4. The lowest BCUT2D eigenvalue weighted by molar-refractivity contribution is -0.696. The molecule has 2 aliphatic rings. The highest BCUT2D eigenvalue weighted by Gasteiger charge is 2.69. The normalized spacial score (nSPS) is 24.1. The molecule has 3 aromatic rings. The predicted molar refractivity (Wildman–Crippen MR) is 85.1 cm³/mol. The first-order chi connectivity index (χ1) is 10.2. The molecule has 0 N–H and O–H groups in total. The largest absolute Gasteiger partial charge is 0.220 e. The molecular formula is C20H18N+. The number of aromatic nitrogens is 1. The van der Waals surface area contributed by atoms with Crippen molar-refractivity contribution >= 4 is 10.8 Å². The van der Waals surface area contributed by atoms with E-state index in [2.05, 4.69) is 79.2 Å². The molecule has 5 rings (SSSR count). The van der Waals surface area contributed by atoms with E-state index in [1.54, 1.807) is 0 Å². The van der Waals surface area contributed by atoms with Crippen molar-refractivity contribution in [3.05, 3.63) is 66.4 Å². The Morgan fingerprint density at radius 1 is 0.905 bits per heavy atom. The lowest BCUT2D eigenvalue weighted by atomic mass is 9.92. The maximum Gasteiger partial charge on any atom is 0.220 e. The van der Waals surface area contributed by atoms with Crippen molar-refractivity contribution in [2.75, 3.05) is 0 Å². The first-order valence-electron chi connectivity index (χ1n) is 7.72. The second-order valence-electron chi connectivity index (χ2n) is 6.99. The van der Waals surface area contributed by atoms with Crippen LogP contribution in [0.25, 0.3) is 22.0 Å². The van der Waals surface area contributed by atoms with Gasteiger partial charge in [0.2, 0.25) is 5.69 Å². The van der Waals surface area contributed by atoms with Gasteiger partial charge in [-0.3, -0.25) is 0 Å². The molecule has 1 aliphatic carbocycles. The molecule has 1 saturated carbocycles. The number of nitrogens with zero attached hydrogens (tertiary/aromatic N) is 1. The third kappa shape index (κ3) is 1.29. The zero-order chi connectivity index (χ0) is 14.2. The predicted octanol–water partition coefficient (Wildman–Crippen LogP) is 4.47. The van der Waals surface area contributed by atoms with Gasteiger partial charge < -0.3 is 0 Å². The number of rotatable bonds is 0. The molecule has 0 bridgehead atoms. The minimum Gasteiger partial charge on any atom is -0.194 e. The summed E-state index contributed by atoms with van der Waals surface area (Å²) in [6.07, 6.45) is 2.29. The maximum atomic E-state index is 2.52. The Balaban J connectivity index is 1.95. The van der Waals surface area contributed by atoms with Gasteiger partial charge in [0.15, 0.2) is 12.2 Å². The van der Waals surface area contributed by atoms with E-state index in [4.69, 9.17) is 0 Å². The van der Waals surface area contributed by atoms with Crippen LogP contribution in [0.5, 0.6) is 0 Å². The van der Waals surface area contributed by atoms with Gasteiger partial charge in [0.1, 0.15) is 0 Å². The molecule has 1 aromatic heterocycles. The van der Waals surface area contributed by atoms with E-state index in [1.165, 1.54) is 27.6 Å². The highest BCUT2D eigenvalue weighted by Crippen LogP contribution is 2.68. The fourth-order valence-electron chi connectivity index (χ4n) is 4.43. The maximum absolute atomic E-state index is 2.52. The number of pyridine rings is 1. The molecule has 0 radical (unpaired) electrons. The summed E-state index contributed by atoms with van der Waals surface area (Å²) in [6, 6.07) is 20.6. The van der Waals surface area contributed by atoms with Crippen LogP contribution in [0.3, 0.4) is 0 Å². The molecule has 2 unspecified atom stereocenters. The molecule has 2 aromatic carbocycles. The SMILES string of the molecule is CC1(C)C2c3ccccc3-c3c4ccccc4cc[n+]3C21. The van der Waals surface area contributed by atoms with Crippen LogP contribution >= 0.6 is 0 Å². The Hall–Kier alpha value is -2.15. The van der Waals surface area contributed by atoms with E-state index in [9.17, 15) is 0 Å². The van der Waals surface area contributed by atoms with Crippen LogP contribution in [-0.4, -0.2) is 0 Å². The van der Waals surface area contributed by atoms with Crippen molar-refractivity contribution in [1.82, 2.24) is 0 Å². The number of hydrogen-bond donors (Lipinski definition) is 0. The Morgan fingerprint density at radius 2 is 1.67 bits per heavy atom. The van der Waals surface area contributed by atoms with Gasteiger partial charge in [-0.25, -0.2) is 0 Å². The first-order valence-corrected chi connectivity index (χ1v) is 7.72. The molecule has 0 spiro atoms. The molecule has 21 heavy (non-hydrogen) atoms. The molecule has 1 nitrogen and oxygen atoms in total. The van der Waals surface area contributed by atoms with Crippen LogP contribution in [0, 0.1) is 5.41 Å². The topological polar surface area (TPSA) is 3.88 Å². The summed E-state index contributed by atoms with van der Waals surface area (Å²) in [6.45, 7) is 4.80. The summed E-state index contributed by atoms with van der Waals surface area (Å²) in [5.74, 6) is 0.660. The first kappa shape index (κ1) is 11.5. The van der Waals surface area contributed by atoms with Crippen LogP contribution in [0.1, 0.15) is 31.4 Å². The highest BCUT2D eigenvalue weighted by atomic mass is 15.1. The summed E-state index contributed by atoms with van der Waals surface area (Å²) in [7, 11) is 0. The summed E-state index contributed by atoms with van der Waals surface area (Å²) in [5, 5.41) is 2.70. The molecule has 1 aliphatic heterocycles. The average Bonchev–Trinajstić information content (AvgIpc) is 3.10. The summed E-state index contributed by atoms with van der Waals surface area (Å²) in [5.41, 5.74) is 4.70. The summed E-state index contributed by atoms with van der Waals surface area (Å²) in [4.78, 5) is 0. The molecule has 0 amide bonds. The van der Waals surface area contributed by atoms with Crippen molar-refractivity contribution in [2.24, 2.45) is 5.41 Å². The van der Waals surface area contributed by atoms with Gasteiger partial charge in [0.25, 0.3) is 0 Å². The van der Waals surface area contributed by atoms with Crippen LogP contribution in [0.4, 0.5) is 0 Å².